The van der Waals surface area contributed by atoms with Crippen molar-refractivity contribution in [3.63, 3.8) is 0 Å². The van der Waals surface area contributed by atoms with Crippen LogP contribution in [0.1, 0.15) is 21.5 Å². The number of hydrazone groups is 1. The van der Waals surface area contributed by atoms with Gasteiger partial charge in [0.2, 0.25) is 0 Å². The molecule has 0 saturated heterocycles. The van der Waals surface area contributed by atoms with Crippen LogP contribution in [0.15, 0.2) is 76.3 Å². The Morgan fingerprint density at radius 1 is 1.07 bits per heavy atom. The molecule has 3 aromatic carbocycles. The van der Waals surface area contributed by atoms with Gasteiger partial charge in [0.05, 0.1) is 16.8 Å². The van der Waals surface area contributed by atoms with Crippen LogP contribution in [-0.4, -0.2) is 12.1 Å². The van der Waals surface area contributed by atoms with Gasteiger partial charge in [-0.2, -0.15) is 5.10 Å². The molecule has 28 heavy (non-hydrogen) atoms. The molecule has 1 N–H and O–H groups in total. The van der Waals surface area contributed by atoms with Crippen molar-refractivity contribution in [1.29, 1.82) is 0 Å². The average molecular weight is 478 g/mol. The predicted octanol–water partition coefficient (Wildman–Crippen LogP) is 6.10. The molecule has 0 fully saturated rings. The molecule has 0 aliphatic carbocycles. The lowest BCUT2D eigenvalue weighted by Crippen LogP contribution is -2.18. The summed E-state index contributed by atoms with van der Waals surface area (Å²) in [5.74, 6) is 0.0930. The van der Waals surface area contributed by atoms with Gasteiger partial charge in [0.15, 0.2) is 0 Å². The van der Waals surface area contributed by atoms with Crippen molar-refractivity contribution in [2.24, 2.45) is 5.10 Å². The first-order valence-corrected chi connectivity index (χ1v) is 9.82. The van der Waals surface area contributed by atoms with Gasteiger partial charge in [0.1, 0.15) is 12.4 Å². The average Bonchev–Trinajstić information content (AvgIpc) is 2.69. The number of carbonyl (C=O) groups is 1. The quantitative estimate of drug-likeness (QED) is 0.344. The van der Waals surface area contributed by atoms with Crippen molar-refractivity contribution in [1.82, 2.24) is 5.43 Å². The Hall–Kier alpha value is -2.34. The number of nitrogens with one attached hydrogen (secondary N) is 1. The lowest BCUT2D eigenvalue weighted by Gasteiger charge is -2.10. The van der Waals surface area contributed by atoms with E-state index in [1.807, 2.05) is 30.3 Å². The molecule has 0 aromatic heterocycles. The van der Waals surface area contributed by atoms with Crippen LogP contribution in [0.25, 0.3) is 0 Å². The first kappa shape index (κ1) is 20.4. The summed E-state index contributed by atoms with van der Waals surface area (Å²) < 4.78 is 6.81. The highest BCUT2D eigenvalue weighted by atomic mass is 79.9. The van der Waals surface area contributed by atoms with Gasteiger partial charge >= 0.3 is 0 Å². The molecule has 0 saturated carbocycles. The van der Waals surface area contributed by atoms with Crippen molar-refractivity contribution in [2.45, 2.75) is 6.61 Å². The van der Waals surface area contributed by atoms with Crippen LogP contribution in [0.3, 0.4) is 0 Å². The molecule has 7 heteroatoms. The maximum atomic E-state index is 12.5. The second kappa shape index (κ2) is 9.73. The minimum absolute atomic E-state index is 0.348. The van der Waals surface area contributed by atoms with Gasteiger partial charge in [-0.25, -0.2) is 5.43 Å². The Morgan fingerprint density at radius 3 is 2.57 bits per heavy atom. The smallest absolute Gasteiger partial charge is 0.275 e. The summed E-state index contributed by atoms with van der Waals surface area (Å²) in [6.45, 7) is 0.348. The first-order valence-electron chi connectivity index (χ1n) is 8.27. The lowest BCUT2D eigenvalue weighted by molar-refractivity contribution is 0.0950. The summed E-state index contributed by atoms with van der Waals surface area (Å²) in [6.07, 6.45) is 1.46. The number of nitrogens with zero attached hydrogens (tertiary/aromatic N) is 1. The molecule has 1 amide bonds. The zero-order valence-corrected chi connectivity index (χ0v) is 17.6. The number of amides is 1. The second-order valence-electron chi connectivity index (χ2n) is 5.78. The molecule has 0 atom stereocenters. The maximum Gasteiger partial charge on any atom is 0.275 e. The highest BCUT2D eigenvalue weighted by Crippen LogP contribution is 2.21. The molecule has 142 valence electrons. The monoisotopic (exact) mass is 476 g/mol. The van der Waals surface area contributed by atoms with E-state index in [1.54, 1.807) is 36.4 Å². The molecule has 0 radical (unpaired) electrons. The summed E-state index contributed by atoms with van der Waals surface area (Å²) in [4.78, 5) is 12.5. The van der Waals surface area contributed by atoms with Gasteiger partial charge in [0.25, 0.3) is 5.91 Å². The molecule has 0 aliphatic heterocycles. The van der Waals surface area contributed by atoms with E-state index < -0.39 is 0 Å². The van der Waals surface area contributed by atoms with Crippen LogP contribution < -0.4 is 10.2 Å². The second-order valence-corrected chi connectivity index (χ2v) is 7.54. The molecule has 0 heterocycles. The number of hydrogen-bond acceptors (Lipinski definition) is 3. The predicted molar refractivity (Wildman–Crippen MR) is 116 cm³/mol. The molecule has 4 nitrogen and oxygen atoms in total. The van der Waals surface area contributed by atoms with Crippen molar-refractivity contribution in [2.75, 3.05) is 0 Å². The molecule has 0 spiro atoms. The van der Waals surface area contributed by atoms with E-state index in [1.165, 1.54) is 6.21 Å². The van der Waals surface area contributed by atoms with E-state index in [4.69, 9.17) is 27.9 Å². The largest absolute Gasteiger partial charge is 0.488 e. The van der Waals surface area contributed by atoms with Gasteiger partial charge in [-0.05, 0) is 42.0 Å². The van der Waals surface area contributed by atoms with Gasteiger partial charge in [-0.15, -0.1) is 0 Å². The molecule has 0 unspecified atom stereocenters. The van der Waals surface area contributed by atoms with Crippen molar-refractivity contribution in [3.05, 3.63) is 97.9 Å². The van der Waals surface area contributed by atoms with Crippen molar-refractivity contribution in [3.8, 4) is 5.75 Å². The Morgan fingerprint density at radius 2 is 1.82 bits per heavy atom. The number of carbonyl (C=O) groups excluding carboxylic acids is 1. The fraction of sp³-hybridized carbons (Fsp3) is 0.0476. The highest BCUT2D eigenvalue weighted by Gasteiger charge is 2.11. The minimum atomic E-state index is -0.382. The van der Waals surface area contributed by atoms with E-state index in [0.717, 1.165) is 10.0 Å². The van der Waals surface area contributed by atoms with E-state index >= 15 is 0 Å². The zero-order valence-electron chi connectivity index (χ0n) is 14.5. The Bertz CT molecular complexity index is 1010. The van der Waals surface area contributed by atoms with E-state index in [-0.39, 0.29) is 5.91 Å². The van der Waals surface area contributed by atoms with Crippen molar-refractivity contribution >= 4 is 51.3 Å². The molecule has 0 aliphatic rings. The Balaban J connectivity index is 1.66. The normalized spacial score (nSPS) is 10.8. The third-order valence-corrected chi connectivity index (χ3v) is 4.86. The summed E-state index contributed by atoms with van der Waals surface area (Å²) >= 11 is 15.3. The number of benzene rings is 3. The van der Waals surface area contributed by atoms with Gasteiger partial charge in [-0.3, -0.25) is 4.79 Å². The third kappa shape index (κ3) is 5.58. The topological polar surface area (TPSA) is 50.7 Å². The molecular weight excluding hydrogens is 463 g/mol. The van der Waals surface area contributed by atoms with Crippen LogP contribution >= 0.6 is 39.1 Å². The highest BCUT2D eigenvalue weighted by molar-refractivity contribution is 9.10. The van der Waals surface area contributed by atoms with E-state index in [2.05, 4.69) is 26.5 Å². The third-order valence-electron chi connectivity index (χ3n) is 3.77. The van der Waals surface area contributed by atoms with Gasteiger partial charge < -0.3 is 4.74 Å². The van der Waals surface area contributed by atoms with Crippen LogP contribution in [0.5, 0.6) is 5.75 Å². The van der Waals surface area contributed by atoms with Crippen LogP contribution in [-0.2, 0) is 6.61 Å². The summed E-state index contributed by atoms with van der Waals surface area (Å²) in [7, 11) is 0. The van der Waals surface area contributed by atoms with Crippen molar-refractivity contribution < 1.29 is 9.53 Å². The number of ether oxygens (including phenoxy) is 1. The molecule has 3 aromatic rings. The zero-order chi connectivity index (χ0) is 19.9. The minimum Gasteiger partial charge on any atom is -0.488 e. The SMILES string of the molecule is O=C(N/N=C\c1ccc(Cl)cc1Cl)c1ccccc1OCc1ccc(Br)cc1. The number of para-hydroxylation sites is 1. The van der Waals surface area contributed by atoms with Crippen LogP contribution in [0.2, 0.25) is 10.0 Å². The number of hydrogen-bond donors (Lipinski definition) is 1. The lowest BCUT2D eigenvalue weighted by atomic mass is 10.2. The maximum absolute atomic E-state index is 12.5. The van der Waals surface area contributed by atoms with Gasteiger partial charge in [-0.1, -0.05) is 69.5 Å². The number of rotatable bonds is 6. The first-order chi connectivity index (χ1) is 13.5. The number of halogens is 3. The Kier molecular flexibility index (Phi) is 7.09. The Labute approximate surface area is 181 Å². The van der Waals surface area contributed by atoms with E-state index in [0.29, 0.717) is 33.5 Å². The van der Waals surface area contributed by atoms with Crippen LogP contribution in [0.4, 0.5) is 0 Å². The molecular formula is C21H15BrCl2N2O2. The summed E-state index contributed by atoms with van der Waals surface area (Å²) in [6, 6.07) is 19.8. The summed E-state index contributed by atoms with van der Waals surface area (Å²) in [5.41, 5.74) is 4.51. The molecule has 3 rings (SSSR count). The fourth-order valence-corrected chi connectivity index (χ4v) is 3.07. The summed E-state index contributed by atoms with van der Waals surface area (Å²) in [5, 5.41) is 4.94. The molecule has 0 bridgehead atoms. The fourth-order valence-electron chi connectivity index (χ4n) is 2.35. The van der Waals surface area contributed by atoms with E-state index in [9.17, 15) is 4.79 Å². The standard InChI is InChI=1S/C21H15BrCl2N2O2/c22-16-8-5-14(6-9-16)13-28-20-4-2-1-3-18(20)21(27)26-25-12-15-7-10-17(23)11-19(15)24/h1-12H,13H2,(H,26,27)/b25-12-. The van der Waals surface area contributed by atoms with Gasteiger partial charge in [0, 0.05) is 15.1 Å². The van der Waals surface area contributed by atoms with Crippen LogP contribution in [0, 0.1) is 0 Å².